The third-order valence-corrected chi connectivity index (χ3v) is 3.45. The number of nitrogens with zero attached hydrogens (tertiary/aromatic N) is 1. The van der Waals surface area contributed by atoms with E-state index >= 15 is 0 Å². The molecule has 0 aliphatic carbocycles. The van der Waals surface area contributed by atoms with Crippen molar-refractivity contribution in [2.24, 2.45) is 5.92 Å². The van der Waals surface area contributed by atoms with Gasteiger partial charge in [-0.15, -0.1) is 0 Å². The number of piperidine rings is 1. The van der Waals surface area contributed by atoms with Gasteiger partial charge in [0.2, 0.25) is 0 Å². The maximum absolute atomic E-state index is 10.8. The fourth-order valence-corrected chi connectivity index (χ4v) is 2.41. The lowest BCUT2D eigenvalue weighted by atomic mass is 9.99. The Bertz CT molecular complexity index is 367. The van der Waals surface area contributed by atoms with Gasteiger partial charge in [0, 0.05) is 24.0 Å². The fraction of sp³-hybridized carbons (Fsp3) is 0.462. The van der Waals surface area contributed by atoms with Crippen LogP contribution in [0.2, 0.25) is 5.02 Å². The molecule has 0 bridgehead atoms. The zero-order chi connectivity index (χ0) is 11.4. The average Bonchev–Trinajstić information content (AvgIpc) is 2.32. The Morgan fingerprint density at radius 1 is 1.44 bits per heavy atom. The molecule has 1 aliphatic rings. The summed E-state index contributed by atoms with van der Waals surface area (Å²) in [6.07, 6.45) is 3.22. The molecule has 1 aromatic rings. The van der Waals surface area contributed by atoms with Crippen LogP contribution in [0.4, 0.5) is 0 Å². The van der Waals surface area contributed by atoms with Crippen molar-refractivity contribution in [2.75, 3.05) is 13.1 Å². The van der Waals surface area contributed by atoms with Crippen molar-refractivity contribution in [3.8, 4) is 0 Å². The number of likely N-dealkylation sites (tertiary alicyclic amines) is 1. The molecule has 0 N–H and O–H groups in total. The molecule has 0 aromatic heterocycles. The molecule has 86 valence electrons. The molecule has 1 fully saturated rings. The molecular weight excluding hydrogens is 222 g/mol. The molecule has 1 heterocycles. The normalized spacial score (nSPS) is 21.9. The largest absolute Gasteiger partial charge is 0.303 e. The third-order valence-electron chi connectivity index (χ3n) is 3.09. The number of hydrogen-bond acceptors (Lipinski definition) is 2. The minimum atomic E-state index is 0.205. The predicted molar refractivity (Wildman–Crippen MR) is 65.5 cm³/mol. The highest BCUT2D eigenvalue weighted by atomic mass is 35.5. The molecule has 16 heavy (non-hydrogen) atoms. The topological polar surface area (TPSA) is 20.3 Å². The minimum Gasteiger partial charge on any atom is -0.303 e. The van der Waals surface area contributed by atoms with Crippen LogP contribution >= 0.6 is 11.6 Å². The van der Waals surface area contributed by atoms with E-state index in [0.717, 1.165) is 49.3 Å². The average molecular weight is 238 g/mol. The molecule has 1 atom stereocenters. The van der Waals surface area contributed by atoms with Crippen molar-refractivity contribution >= 4 is 17.9 Å². The first kappa shape index (κ1) is 11.6. The van der Waals surface area contributed by atoms with Gasteiger partial charge < -0.3 is 4.79 Å². The van der Waals surface area contributed by atoms with Crippen LogP contribution in [-0.4, -0.2) is 24.3 Å². The van der Waals surface area contributed by atoms with E-state index in [4.69, 9.17) is 11.6 Å². The van der Waals surface area contributed by atoms with E-state index in [1.165, 1.54) is 0 Å². The van der Waals surface area contributed by atoms with E-state index in [2.05, 4.69) is 4.90 Å². The lowest BCUT2D eigenvalue weighted by molar-refractivity contribution is -0.112. The van der Waals surface area contributed by atoms with Crippen LogP contribution in [0.3, 0.4) is 0 Å². The van der Waals surface area contributed by atoms with E-state index in [1.54, 1.807) is 0 Å². The quantitative estimate of drug-likeness (QED) is 0.754. The number of aldehydes is 1. The molecule has 0 spiro atoms. The Balaban J connectivity index is 1.99. The van der Waals surface area contributed by atoms with Crippen LogP contribution in [0.5, 0.6) is 0 Å². The molecule has 2 nitrogen and oxygen atoms in total. The Hall–Kier alpha value is -0.860. The molecule has 1 saturated heterocycles. The highest BCUT2D eigenvalue weighted by Crippen LogP contribution is 2.21. The van der Waals surface area contributed by atoms with Crippen LogP contribution < -0.4 is 0 Å². The van der Waals surface area contributed by atoms with Crippen molar-refractivity contribution in [3.05, 3.63) is 34.9 Å². The van der Waals surface area contributed by atoms with Gasteiger partial charge in [-0.05, 0) is 31.0 Å². The van der Waals surface area contributed by atoms with Gasteiger partial charge in [0.15, 0.2) is 0 Å². The molecule has 0 saturated carbocycles. The van der Waals surface area contributed by atoms with Crippen molar-refractivity contribution in [3.63, 3.8) is 0 Å². The highest BCUT2D eigenvalue weighted by Gasteiger charge is 2.19. The number of carbonyl (C=O) groups is 1. The molecule has 0 radical (unpaired) electrons. The first-order valence-corrected chi connectivity index (χ1v) is 6.08. The van der Waals surface area contributed by atoms with Gasteiger partial charge in [-0.1, -0.05) is 29.8 Å². The summed E-state index contributed by atoms with van der Waals surface area (Å²) >= 11 is 6.12. The lowest BCUT2D eigenvalue weighted by Crippen LogP contribution is -2.35. The Morgan fingerprint density at radius 2 is 2.25 bits per heavy atom. The first-order chi connectivity index (χ1) is 7.79. The van der Waals surface area contributed by atoms with Gasteiger partial charge in [0.05, 0.1) is 0 Å². The minimum absolute atomic E-state index is 0.205. The number of carbonyl (C=O) groups excluding carboxylic acids is 1. The van der Waals surface area contributed by atoms with Gasteiger partial charge in [0.25, 0.3) is 0 Å². The van der Waals surface area contributed by atoms with E-state index in [0.29, 0.717) is 0 Å². The van der Waals surface area contributed by atoms with Crippen LogP contribution in [0.25, 0.3) is 0 Å². The summed E-state index contributed by atoms with van der Waals surface area (Å²) in [7, 11) is 0. The standard InChI is InChI=1S/C13H16ClNO/c14-13-6-2-1-5-12(13)9-15-7-3-4-11(8-15)10-16/h1-2,5-6,10-11H,3-4,7-9H2. The van der Waals surface area contributed by atoms with E-state index in [-0.39, 0.29) is 5.92 Å². The monoisotopic (exact) mass is 237 g/mol. The summed E-state index contributed by atoms with van der Waals surface area (Å²) in [5.41, 5.74) is 1.15. The van der Waals surface area contributed by atoms with Crippen LogP contribution in [0.1, 0.15) is 18.4 Å². The van der Waals surface area contributed by atoms with Gasteiger partial charge in [-0.3, -0.25) is 4.90 Å². The zero-order valence-corrected chi connectivity index (χ0v) is 9.99. The van der Waals surface area contributed by atoms with Crippen molar-refractivity contribution in [2.45, 2.75) is 19.4 Å². The second-order valence-corrected chi connectivity index (χ2v) is 4.77. The third kappa shape index (κ3) is 2.83. The van der Waals surface area contributed by atoms with E-state index in [9.17, 15) is 4.79 Å². The van der Waals surface area contributed by atoms with Crippen LogP contribution in [-0.2, 0) is 11.3 Å². The molecule has 1 aliphatic heterocycles. The predicted octanol–water partition coefficient (Wildman–Crippen LogP) is 2.75. The van der Waals surface area contributed by atoms with Crippen LogP contribution in [0, 0.1) is 5.92 Å². The molecule has 3 heteroatoms. The summed E-state index contributed by atoms with van der Waals surface area (Å²) in [6.45, 7) is 2.79. The molecule has 1 unspecified atom stereocenters. The number of halogens is 1. The second kappa shape index (κ2) is 5.46. The first-order valence-electron chi connectivity index (χ1n) is 5.70. The Morgan fingerprint density at radius 3 is 3.00 bits per heavy atom. The van der Waals surface area contributed by atoms with Crippen molar-refractivity contribution in [1.82, 2.24) is 4.90 Å². The molecule has 2 rings (SSSR count). The number of rotatable bonds is 3. The van der Waals surface area contributed by atoms with Gasteiger partial charge in [0.1, 0.15) is 6.29 Å². The highest BCUT2D eigenvalue weighted by molar-refractivity contribution is 6.31. The summed E-state index contributed by atoms with van der Waals surface area (Å²) in [5, 5.41) is 0.815. The maximum Gasteiger partial charge on any atom is 0.124 e. The smallest absolute Gasteiger partial charge is 0.124 e. The Kier molecular flexibility index (Phi) is 3.97. The maximum atomic E-state index is 10.8. The van der Waals surface area contributed by atoms with Gasteiger partial charge in [-0.25, -0.2) is 0 Å². The summed E-state index contributed by atoms with van der Waals surface area (Å²) in [6, 6.07) is 7.91. The number of hydrogen-bond donors (Lipinski definition) is 0. The van der Waals surface area contributed by atoms with Gasteiger partial charge >= 0.3 is 0 Å². The number of benzene rings is 1. The van der Waals surface area contributed by atoms with E-state index < -0.39 is 0 Å². The summed E-state index contributed by atoms with van der Waals surface area (Å²) in [4.78, 5) is 13.1. The summed E-state index contributed by atoms with van der Waals surface area (Å²) < 4.78 is 0. The van der Waals surface area contributed by atoms with Gasteiger partial charge in [-0.2, -0.15) is 0 Å². The second-order valence-electron chi connectivity index (χ2n) is 4.36. The molecule has 1 aromatic carbocycles. The molecular formula is C13H16ClNO. The Labute approximate surface area is 101 Å². The SMILES string of the molecule is O=CC1CCCN(Cc2ccccc2Cl)C1. The van der Waals surface area contributed by atoms with E-state index in [1.807, 2.05) is 24.3 Å². The summed E-state index contributed by atoms with van der Waals surface area (Å²) in [5.74, 6) is 0.205. The molecule has 0 amide bonds. The lowest BCUT2D eigenvalue weighted by Gasteiger charge is -2.30. The van der Waals surface area contributed by atoms with Crippen LogP contribution in [0.15, 0.2) is 24.3 Å². The van der Waals surface area contributed by atoms with Crippen molar-refractivity contribution in [1.29, 1.82) is 0 Å². The zero-order valence-electron chi connectivity index (χ0n) is 9.23. The van der Waals surface area contributed by atoms with Crippen molar-refractivity contribution < 1.29 is 4.79 Å². The fourth-order valence-electron chi connectivity index (χ4n) is 2.21.